The van der Waals surface area contributed by atoms with E-state index in [2.05, 4.69) is 33.2 Å². The number of hydroxylamine groups is 1. The minimum atomic E-state index is 0.802. The molecular weight excluding hydrogens is 126 g/mol. The Morgan fingerprint density at radius 2 is 1.70 bits per heavy atom. The molecule has 0 aromatic heterocycles. The lowest BCUT2D eigenvalue weighted by molar-refractivity contribution is 0.0585. The van der Waals surface area contributed by atoms with E-state index in [9.17, 15) is 0 Å². The van der Waals surface area contributed by atoms with Gasteiger partial charge in [-0.25, -0.2) is 5.48 Å². The lowest BCUT2D eigenvalue weighted by Crippen LogP contribution is -2.06. The Kier molecular flexibility index (Phi) is 14.7. The highest BCUT2D eigenvalue weighted by molar-refractivity contribution is 4.20. The fourth-order valence-corrected chi connectivity index (χ4v) is 0.204. The van der Waals surface area contributed by atoms with Gasteiger partial charge in [-0.2, -0.15) is 0 Å². The van der Waals surface area contributed by atoms with E-state index in [0.29, 0.717) is 0 Å². The third-order valence-electron chi connectivity index (χ3n) is 0.451. The van der Waals surface area contributed by atoms with Crippen LogP contribution >= 0.6 is 0 Å². The van der Waals surface area contributed by atoms with Crippen LogP contribution in [-0.4, -0.2) is 13.7 Å². The molecule has 0 bridgehead atoms. The topological polar surface area (TPSA) is 21.3 Å². The smallest absolute Gasteiger partial charge is 0.0679 e. The molecular formula is C8H21NO. The van der Waals surface area contributed by atoms with E-state index in [1.165, 1.54) is 0 Å². The van der Waals surface area contributed by atoms with Crippen LogP contribution in [0.3, 0.4) is 0 Å². The minimum absolute atomic E-state index is 0.802. The van der Waals surface area contributed by atoms with Crippen molar-refractivity contribution in [2.75, 3.05) is 13.7 Å². The van der Waals surface area contributed by atoms with Gasteiger partial charge in [-0.05, 0) is 12.3 Å². The highest BCUT2D eigenvalue weighted by Crippen LogP contribution is 1.81. The summed E-state index contributed by atoms with van der Waals surface area (Å²) in [6.45, 7) is 9.37. The molecule has 0 unspecified atom stereocenters. The largest absolute Gasteiger partial charge is 0.302 e. The third-order valence-corrected chi connectivity index (χ3v) is 0.451. The molecule has 10 heavy (non-hydrogen) atoms. The van der Waals surface area contributed by atoms with Crippen molar-refractivity contribution in [3.05, 3.63) is 0 Å². The number of nitrogens with one attached hydrogen (secondary N) is 1. The van der Waals surface area contributed by atoms with Crippen molar-refractivity contribution in [2.24, 2.45) is 5.92 Å². The van der Waals surface area contributed by atoms with Gasteiger partial charge in [0.05, 0.1) is 6.61 Å². The number of hydrogen-bond acceptors (Lipinski definition) is 2. The van der Waals surface area contributed by atoms with Gasteiger partial charge < -0.3 is 4.84 Å². The molecule has 0 aliphatic carbocycles. The molecule has 0 amide bonds. The zero-order chi connectivity index (χ0) is 8.41. The zero-order valence-corrected chi connectivity index (χ0v) is 7.90. The lowest BCUT2D eigenvalue weighted by Gasteiger charge is -1.93. The Bertz CT molecular complexity index is 39.8. The summed E-state index contributed by atoms with van der Waals surface area (Å²) in [6, 6.07) is 0. The molecule has 0 spiro atoms. The molecule has 1 N–H and O–H groups in total. The van der Waals surface area contributed by atoms with E-state index in [0.717, 1.165) is 18.9 Å². The summed E-state index contributed by atoms with van der Waals surface area (Å²) >= 11 is 0. The SMILES string of the molecule is CC(C)C.CCCONC. The van der Waals surface area contributed by atoms with Crippen molar-refractivity contribution in [3.63, 3.8) is 0 Å². The standard InChI is InChI=1S/C4H11NO.C4H10/c1-3-4-6-5-2;1-4(2)3/h5H,3-4H2,1-2H3;4H,1-3H3. The van der Waals surface area contributed by atoms with Crippen molar-refractivity contribution in [1.82, 2.24) is 5.48 Å². The summed E-state index contributed by atoms with van der Waals surface area (Å²) in [5.74, 6) is 0.833. The molecule has 0 heterocycles. The maximum Gasteiger partial charge on any atom is 0.0679 e. The third kappa shape index (κ3) is 44.5. The summed E-state index contributed by atoms with van der Waals surface area (Å²) < 4.78 is 0. The van der Waals surface area contributed by atoms with E-state index in [1.807, 2.05) is 0 Å². The highest BCUT2D eigenvalue weighted by Gasteiger charge is 1.71. The van der Waals surface area contributed by atoms with Crippen LogP contribution in [-0.2, 0) is 4.84 Å². The molecule has 64 valence electrons. The van der Waals surface area contributed by atoms with Crippen molar-refractivity contribution in [1.29, 1.82) is 0 Å². The highest BCUT2D eigenvalue weighted by atomic mass is 16.6. The predicted octanol–water partition coefficient (Wildman–Crippen LogP) is 2.21. The lowest BCUT2D eigenvalue weighted by atomic mass is 10.3. The number of rotatable bonds is 3. The molecule has 2 nitrogen and oxygen atoms in total. The first-order valence-corrected chi connectivity index (χ1v) is 3.93. The summed E-state index contributed by atoms with van der Waals surface area (Å²) in [7, 11) is 1.76. The van der Waals surface area contributed by atoms with E-state index in [1.54, 1.807) is 7.05 Å². The molecule has 0 fully saturated rings. The summed E-state index contributed by atoms with van der Waals surface area (Å²) in [5.41, 5.74) is 2.57. The minimum Gasteiger partial charge on any atom is -0.302 e. The fraction of sp³-hybridized carbons (Fsp3) is 1.00. The Morgan fingerprint density at radius 3 is 1.80 bits per heavy atom. The van der Waals surface area contributed by atoms with Crippen LogP contribution in [0.4, 0.5) is 0 Å². The van der Waals surface area contributed by atoms with Crippen molar-refractivity contribution < 1.29 is 4.84 Å². The summed E-state index contributed by atoms with van der Waals surface area (Å²) in [5, 5.41) is 0. The van der Waals surface area contributed by atoms with Gasteiger partial charge in [-0.1, -0.05) is 27.7 Å². The molecule has 0 radical (unpaired) electrons. The molecule has 0 aromatic carbocycles. The van der Waals surface area contributed by atoms with Gasteiger partial charge in [0, 0.05) is 7.05 Å². The van der Waals surface area contributed by atoms with Crippen molar-refractivity contribution >= 4 is 0 Å². The van der Waals surface area contributed by atoms with E-state index >= 15 is 0 Å². The van der Waals surface area contributed by atoms with Crippen LogP contribution in [0.25, 0.3) is 0 Å². The molecule has 0 aliphatic rings. The van der Waals surface area contributed by atoms with Crippen LogP contribution in [0.1, 0.15) is 34.1 Å². The first-order valence-electron chi connectivity index (χ1n) is 3.93. The average molecular weight is 147 g/mol. The predicted molar refractivity (Wildman–Crippen MR) is 45.8 cm³/mol. The quantitative estimate of drug-likeness (QED) is 0.488. The maximum atomic E-state index is 4.73. The van der Waals surface area contributed by atoms with Gasteiger partial charge in [0.2, 0.25) is 0 Å². The van der Waals surface area contributed by atoms with Gasteiger partial charge in [-0.15, -0.1) is 0 Å². The molecule has 2 heteroatoms. The van der Waals surface area contributed by atoms with E-state index < -0.39 is 0 Å². The Balaban J connectivity index is 0. The zero-order valence-electron chi connectivity index (χ0n) is 7.90. The van der Waals surface area contributed by atoms with Crippen LogP contribution in [0.15, 0.2) is 0 Å². The molecule has 0 aromatic rings. The van der Waals surface area contributed by atoms with Crippen LogP contribution in [0.2, 0.25) is 0 Å². The van der Waals surface area contributed by atoms with Gasteiger partial charge in [0.1, 0.15) is 0 Å². The monoisotopic (exact) mass is 147 g/mol. The summed E-state index contributed by atoms with van der Waals surface area (Å²) in [6.07, 6.45) is 1.07. The van der Waals surface area contributed by atoms with Gasteiger partial charge in [0.15, 0.2) is 0 Å². The number of hydrogen-bond donors (Lipinski definition) is 1. The maximum absolute atomic E-state index is 4.73. The van der Waals surface area contributed by atoms with Crippen molar-refractivity contribution in [3.8, 4) is 0 Å². The fourth-order valence-electron chi connectivity index (χ4n) is 0.204. The van der Waals surface area contributed by atoms with Gasteiger partial charge in [0.25, 0.3) is 0 Å². The first-order chi connectivity index (χ1) is 4.65. The second kappa shape index (κ2) is 11.7. The van der Waals surface area contributed by atoms with E-state index in [4.69, 9.17) is 4.84 Å². The Morgan fingerprint density at radius 1 is 1.30 bits per heavy atom. The second-order valence-corrected chi connectivity index (χ2v) is 2.78. The Hall–Kier alpha value is -0.0800. The van der Waals surface area contributed by atoms with Gasteiger partial charge in [-0.3, -0.25) is 0 Å². The van der Waals surface area contributed by atoms with Crippen molar-refractivity contribution in [2.45, 2.75) is 34.1 Å². The molecule has 0 rings (SSSR count). The summed E-state index contributed by atoms with van der Waals surface area (Å²) in [4.78, 5) is 4.73. The molecule has 0 atom stereocenters. The normalized spacial score (nSPS) is 9.00. The first kappa shape index (κ1) is 12.6. The van der Waals surface area contributed by atoms with Crippen LogP contribution in [0, 0.1) is 5.92 Å². The van der Waals surface area contributed by atoms with Crippen LogP contribution in [0.5, 0.6) is 0 Å². The van der Waals surface area contributed by atoms with Gasteiger partial charge >= 0.3 is 0 Å². The molecule has 0 saturated heterocycles. The molecule has 0 aliphatic heterocycles. The van der Waals surface area contributed by atoms with E-state index in [-0.39, 0.29) is 0 Å². The Labute approximate surface area is 64.9 Å². The van der Waals surface area contributed by atoms with Crippen LogP contribution < -0.4 is 5.48 Å². The second-order valence-electron chi connectivity index (χ2n) is 2.78. The average Bonchev–Trinajstić information content (AvgIpc) is 1.82. The molecule has 0 saturated carbocycles.